The van der Waals surface area contributed by atoms with E-state index in [4.69, 9.17) is 4.98 Å². The van der Waals surface area contributed by atoms with E-state index in [0.717, 1.165) is 26.8 Å². The number of hydrogen-bond donors (Lipinski definition) is 1. The number of allylic oxidation sites excluding steroid dienone is 2. The molecule has 0 atom stereocenters. The third-order valence-electron chi connectivity index (χ3n) is 5.21. The predicted molar refractivity (Wildman–Crippen MR) is 132 cm³/mol. The lowest BCUT2D eigenvalue weighted by atomic mass is 10.2. The van der Waals surface area contributed by atoms with Gasteiger partial charge >= 0.3 is 5.82 Å². The minimum atomic E-state index is 0.934. The largest absolute Gasteiger partial charge is 0.349 e. The summed E-state index contributed by atoms with van der Waals surface area (Å²) in [7, 11) is 0. The van der Waals surface area contributed by atoms with Gasteiger partial charge in [-0.25, -0.2) is 0 Å². The highest BCUT2D eigenvalue weighted by Gasteiger charge is 2.20. The third kappa shape index (κ3) is 3.42. The zero-order valence-electron chi connectivity index (χ0n) is 16.5. The van der Waals surface area contributed by atoms with Crippen molar-refractivity contribution in [1.29, 1.82) is 0 Å². The fourth-order valence-corrected chi connectivity index (χ4v) is 5.74. The van der Waals surface area contributed by atoms with Crippen molar-refractivity contribution in [2.45, 2.75) is 4.90 Å². The van der Waals surface area contributed by atoms with Crippen LogP contribution in [0.4, 0.5) is 5.69 Å². The topological polar surface area (TPSA) is 28.8 Å². The lowest BCUT2D eigenvalue weighted by Gasteiger charge is -1.99. The molecule has 6 rings (SSSR count). The zero-order valence-corrected chi connectivity index (χ0v) is 18.2. The highest BCUT2D eigenvalue weighted by Crippen LogP contribution is 2.40. The summed E-state index contributed by atoms with van der Waals surface area (Å²) in [6, 6.07) is 29.4. The maximum atomic E-state index is 4.94. The third-order valence-corrected chi connectivity index (χ3v) is 7.33. The van der Waals surface area contributed by atoms with E-state index in [2.05, 4.69) is 101 Å². The second kappa shape index (κ2) is 7.69. The van der Waals surface area contributed by atoms with Crippen LogP contribution in [0.5, 0.6) is 0 Å². The number of aromatic nitrogens is 2. The van der Waals surface area contributed by atoms with Gasteiger partial charge in [-0.3, -0.25) is 0 Å². The Morgan fingerprint density at radius 1 is 0.839 bits per heavy atom. The van der Waals surface area contributed by atoms with E-state index in [0.29, 0.717) is 0 Å². The van der Waals surface area contributed by atoms with Crippen LogP contribution in [0.2, 0.25) is 0 Å². The number of anilines is 1. The number of pyridine rings is 1. The Balaban J connectivity index is 1.41. The second-order valence-electron chi connectivity index (χ2n) is 7.22. The Labute approximate surface area is 188 Å². The first kappa shape index (κ1) is 18.4. The van der Waals surface area contributed by atoms with Gasteiger partial charge in [-0.15, -0.1) is 0 Å². The second-order valence-corrected chi connectivity index (χ2v) is 9.36. The van der Waals surface area contributed by atoms with Gasteiger partial charge in [0, 0.05) is 16.3 Å². The van der Waals surface area contributed by atoms with Gasteiger partial charge in [0.25, 0.3) is 0 Å². The number of thioether (sulfide) groups is 1. The molecule has 148 valence electrons. The molecule has 0 unspecified atom stereocenters. The Bertz CT molecular complexity index is 1470. The van der Waals surface area contributed by atoms with Crippen molar-refractivity contribution in [1.82, 2.24) is 4.98 Å². The van der Waals surface area contributed by atoms with E-state index in [-0.39, 0.29) is 0 Å². The maximum Gasteiger partial charge on any atom is 0.329 e. The molecule has 1 aliphatic heterocycles. The number of nitrogens with zero attached hydrogens (tertiary/aromatic N) is 2. The van der Waals surface area contributed by atoms with Gasteiger partial charge in [0.05, 0.1) is 15.4 Å². The first-order chi connectivity index (χ1) is 15.3. The van der Waals surface area contributed by atoms with Gasteiger partial charge < -0.3 is 5.32 Å². The fraction of sp³-hybridized carbons (Fsp3) is 0. The summed E-state index contributed by atoms with van der Waals surface area (Å²) in [6.45, 7) is 0. The smallest absolute Gasteiger partial charge is 0.329 e. The van der Waals surface area contributed by atoms with Crippen LogP contribution < -0.4 is 9.88 Å². The summed E-state index contributed by atoms with van der Waals surface area (Å²) in [5.41, 5.74) is 3.34. The van der Waals surface area contributed by atoms with Crippen molar-refractivity contribution in [2.24, 2.45) is 0 Å². The molecule has 0 amide bonds. The Morgan fingerprint density at radius 3 is 2.65 bits per heavy atom. The molecule has 0 spiro atoms. The molecule has 31 heavy (non-hydrogen) atoms. The van der Waals surface area contributed by atoms with Crippen LogP contribution in [0.3, 0.4) is 0 Å². The highest BCUT2D eigenvalue weighted by atomic mass is 32.2. The molecule has 1 N–H and O–H groups in total. The summed E-state index contributed by atoms with van der Waals surface area (Å²) >= 11 is 3.53. The van der Waals surface area contributed by atoms with Gasteiger partial charge in [-0.1, -0.05) is 71.6 Å². The minimum absolute atomic E-state index is 0.934. The van der Waals surface area contributed by atoms with E-state index < -0.39 is 0 Å². The molecular weight excluding hydrogens is 418 g/mol. The van der Waals surface area contributed by atoms with Crippen LogP contribution in [0.15, 0.2) is 107 Å². The maximum absolute atomic E-state index is 4.94. The molecule has 3 aromatic carbocycles. The average molecular weight is 437 g/mol. The lowest BCUT2D eigenvalue weighted by Crippen LogP contribution is -2.33. The fourth-order valence-electron chi connectivity index (χ4n) is 3.76. The lowest BCUT2D eigenvalue weighted by molar-refractivity contribution is -0.568. The first-order valence-corrected chi connectivity index (χ1v) is 11.7. The van der Waals surface area contributed by atoms with Gasteiger partial charge in [0.15, 0.2) is 16.0 Å². The Hall–Kier alpha value is -3.41. The molecule has 0 saturated carbocycles. The number of hydrogen-bond acceptors (Lipinski definition) is 4. The van der Waals surface area contributed by atoms with E-state index >= 15 is 0 Å². The molecule has 5 heteroatoms. The number of rotatable bonds is 3. The van der Waals surface area contributed by atoms with Crippen LogP contribution in [-0.4, -0.2) is 4.98 Å². The van der Waals surface area contributed by atoms with Crippen LogP contribution in [-0.2, 0) is 0 Å². The van der Waals surface area contributed by atoms with Crippen LogP contribution in [0, 0.1) is 0 Å². The van der Waals surface area contributed by atoms with Gasteiger partial charge in [-0.05, 0) is 53.5 Å². The number of fused-ring (bicyclic) bond motifs is 3. The van der Waals surface area contributed by atoms with Crippen LogP contribution >= 0.6 is 23.1 Å². The predicted octanol–water partition coefficient (Wildman–Crippen LogP) is 6.80. The van der Waals surface area contributed by atoms with Crippen molar-refractivity contribution in [3.8, 4) is 5.82 Å². The SMILES string of the molecule is C(=Cc1sc2ccccc2[n+]1-c1ccc2ccccc2n1)C=C1Nc2ccccc2S1. The van der Waals surface area contributed by atoms with E-state index in [1.54, 1.807) is 23.1 Å². The Kier molecular flexibility index (Phi) is 4.55. The van der Waals surface area contributed by atoms with Crippen LogP contribution in [0.25, 0.3) is 33.0 Å². The normalized spacial score (nSPS) is 14.5. The number of para-hydroxylation sites is 3. The monoisotopic (exact) mass is 436 g/mol. The number of benzene rings is 3. The Morgan fingerprint density at radius 2 is 1.68 bits per heavy atom. The highest BCUT2D eigenvalue weighted by molar-refractivity contribution is 8.03. The molecule has 3 nitrogen and oxygen atoms in total. The zero-order chi connectivity index (χ0) is 20.6. The van der Waals surface area contributed by atoms with Crippen molar-refractivity contribution in [2.75, 3.05) is 5.32 Å². The summed E-state index contributed by atoms with van der Waals surface area (Å²) in [6.07, 6.45) is 6.41. The van der Waals surface area contributed by atoms with E-state index in [9.17, 15) is 0 Å². The molecule has 0 radical (unpaired) electrons. The molecular formula is C26H18N3S2+. The quantitative estimate of drug-likeness (QED) is 0.315. The number of thiazole rings is 1. The molecule has 0 bridgehead atoms. The van der Waals surface area contributed by atoms with Gasteiger partial charge in [0.1, 0.15) is 0 Å². The molecule has 0 fully saturated rings. The molecule has 1 aliphatic rings. The summed E-state index contributed by atoms with van der Waals surface area (Å²) in [4.78, 5) is 6.21. The first-order valence-electron chi connectivity index (χ1n) is 10.1. The van der Waals surface area contributed by atoms with Crippen LogP contribution in [0.1, 0.15) is 5.01 Å². The summed E-state index contributed by atoms with van der Waals surface area (Å²) in [5, 5.41) is 6.89. The van der Waals surface area contributed by atoms with E-state index in [1.165, 1.54) is 20.8 Å². The molecule has 0 aliphatic carbocycles. The summed E-state index contributed by atoms with van der Waals surface area (Å²) in [5.74, 6) is 0.934. The van der Waals surface area contributed by atoms with E-state index in [1.807, 2.05) is 12.1 Å². The molecule has 2 aromatic heterocycles. The molecule has 0 saturated heterocycles. The van der Waals surface area contributed by atoms with Gasteiger partial charge in [-0.2, -0.15) is 4.57 Å². The minimum Gasteiger partial charge on any atom is -0.349 e. The number of nitrogens with one attached hydrogen (secondary N) is 1. The standard InChI is InChI=1S/C26H17N3S2/c1-2-9-19-18(8-1)16-17-24(27-19)29-21-11-4-6-13-23(21)31-26(29)15-7-14-25-28-20-10-3-5-12-22(20)30-25/h1-17H/p+1. The summed E-state index contributed by atoms with van der Waals surface area (Å²) < 4.78 is 3.48. The van der Waals surface area contributed by atoms with Crippen molar-refractivity contribution < 1.29 is 4.57 Å². The van der Waals surface area contributed by atoms with Crippen molar-refractivity contribution in [3.05, 3.63) is 107 Å². The molecule has 3 heterocycles. The average Bonchev–Trinajstić information content (AvgIpc) is 3.39. The van der Waals surface area contributed by atoms with Gasteiger partial charge in [0.2, 0.25) is 0 Å². The molecule has 5 aromatic rings. The van der Waals surface area contributed by atoms with Crippen molar-refractivity contribution in [3.63, 3.8) is 0 Å². The van der Waals surface area contributed by atoms with Crippen molar-refractivity contribution >= 4 is 56.0 Å².